The first-order chi connectivity index (χ1) is 21.4. The van der Waals surface area contributed by atoms with Crippen LogP contribution in [0.25, 0.3) is 0 Å². The molecule has 3 amide bonds. The Bertz CT molecular complexity index is 1570. The summed E-state index contributed by atoms with van der Waals surface area (Å²) in [6.45, 7) is 1.14. The van der Waals surface area contributed by atoms with Gasteiger partial charge in [-0.15, -0.1) is 0 Å². The second kappa shape index (κ2) is 12.7. The zero-order valence-corrected chi connectivity index (χ0v) is 24.7. The van der Waals surface area contributed by atoms with Crippen LogP contribution < -0.4 is 34.3 Å². The van der Waals surface area contributed by atoms with Crippen molar-refractivity contribution in [3.05, 3.63) is 76.9 Å². The van der Waals surface area contributed by atoms with E-state index in [1.54, 1.807) is 42.3 Å². The standard InChI is InChI=1S/C33H35N3O8/c1-40-28-15-24-7-5-23(28)16-34-31(37)10-4-20-3-8-27(29(13-20)41-2)43-19-32(38)35-25-17-36(18-30(25)44-24)33(39)22-6-9-26-21(14-22)11-12-42-26/h3,5-9,13-15,25,30H,4,10-12,16-19H2,1-2H3,(H,34,37)(H,35,38)/t25-,30-/m1/s1. The molecule has 11 heteroatoms. The molecule has 2 atom stereocenters. The molecule has 230 valence electrons. The highest BCUT2D eigenvalue weighted by atomic mass is 16.5. The van der Waals surface area contributed by atoms with Crippen LogP contribution in [0.1, 0.15) is 33.5 Å². The molecular formula is C33H35N3O8. The number of ether oxygens (including phenoxy) is 5. The maximum atomic E-state index is 13.6. The number of likely N-dealkylation sites (tertiary alicyclic amines) is 1. The first-order valence-corrected chi connectivity index (χ1v) is 14.6. The third-order valence-corrected chi connectivity index (χ3v) is 8.09. The minimum Gasteiger partial charge on any atom is -0.496 e. The van der Waals surface area contributed by atoms with Crippen molar-refractivity contribution in [1.29, 1.82) is 0 Å². The first-order valence-electron chi connectivity index (χ1n) is 14.6. The van der Waals surface area contributed by atoms with Crippen LogP contribution in [0.5, 0.6) is 28.7 Å². The molecule has 4 bridgehead atoms. The number of carbonyl (C=O) groups excluding carboxylic acids is 3. The number of fused-ring (bicyclic) bond motifs is 1. The molecule has 3 aromatic rings. The average molecular weight is 602 g/mol. The second-order valence-corrected chi connectivity index (χ2v) is 11.0. The van der Waals surface area contributed by atoms with Crippen molar-refractivity contribution in [2.75, 3.05) is 40.5 Å². The number of hydrogen-bond acceptors (Lipinski definition) is 8. The van der Waals surface area contributed by atoms with E-state index in [-0.39, 0.29) is 50.4 Å². The van der Waals surface area contributed by atoms with Gasteiger partial charge in [-0.05, 0) is 60.0 Å². The van der Waals surface area contributed by atoms with Crippen LogP contribution >= 0.6 is 0 Å². The largest absolute Gasteiger partial charge is 0.496 e. The molecular weight excluding hydrogens is 566 g/mol. The van der Waals surface area contributed by atoms with Gasteiger partial charge in [-0.2, -0.15) is 0 Å². The van der Waals surface area contributed by atoms with E-state index in [2.05, 4.69) is 10.6 Å². The third kappa shape index (κ3) is 6.36. The fraction of sp³-hybridized carbons (Fsp3) is 0.364. The number of carbonyl (C=O) groups is 3. The van der Waals surface area contributed by atoms with Crippen LogP contribution in [0.3, 0.4) is 0 Å². The van der Waals surface area contributed by atoms with Crippen LogP contribution in [0.4, 0.5) is 0 Å². The first kappa shape index (κ1) is 29.2. The molecule has 11 nitrogen and oxygen atoms in total. The van der Waals surface area contributed by atoms with Gasteiger partial charge in [0.05, 0.1) is 33.4 Å². The molecule has 0 spiro atoms. The van der Waals surface area contributed by atoms with Crippen molar-refractivity contribution >= 4 is 17.7 Å². The number of nitrogens with one attached hydrogen (secondary N) is 2. The molecule has 1 saturated heterocycles. The van der Waals surface area contributed by atoms with Crippen molar-refractivity contribution in [2.45, 2.75) is 38.0 Å². The van der Waals surface area contributed by atoms with Crippen molar-refractivity contribution < 1.29 is 38.1 Å². The normalized spacial score (nSPS) is 19.9. The number of methoxy groups -OCH3 is 2. The van der Waals surface area contributed by atoms with Crippen molar-refractivity contribution in [1.82, 2.24) is 15.5 Å². The summed E-state index contributed by atoms with van der Waals surface area (Å²) >= 11 is 0. The number of hydrogen-bond donors (Lipinski definition) is 2. The van der Waals surface area contributed by atoms with E-state index in [4.69, 9.17) is 23.7 Å². The van der Waals surface area contributed by atoms with Crippen LogP contribution in [-0.4, -0.2) is 75.3 Å². The summed E-state index contributed by atoms with van der Waals surface area (Å²) in [5.74, 6) is 2.13. The SMILES string of the molecule is COc1cc2ccc1CNC(=O)CCc1ccc(c(OC)c1)OCC(=O)N[C@@H]1CN(C(=O)c3ccc4c(c3)CCO4)C[C@H]1O2. The van der Waals surface area contributed by atoms with E-state index in [0.717, 1.165) is 28.9 Å². The van der Waals surface area contributed by atoms with E-state index in [1.807, 2.05) is 24.3 Å². The zero-order valence-electron chi connectivity index (χ0n) is 24.7. The Hall–Kier alpha value is -4.93. The maximum absolute atomic E-state index is 13.6. The second-order valence-electron chi connectivity index (χ2n) is 11.0. The van der Waals surface area contributed by atoms with Gasteiger partial charge in [0, 0.05) is 43.1 Å². The molecule has 0 aliphatic carbocycles. The van der Waals surface area contributed by atoms with Crippen molar-refractivity contribution in [3.8, 4) is 28.7 Å². The Morgan fingerprint density at radius 3 is 2.52 bits per heavy atom. The molecule has 2 N–H and O–H groups in total. The average Bonchev–Trinajstić information content (AvgIpc) is 3.67. The highest BCUT2D eigenvalue weighted by molar-refractivity contribution is 5.95. The van der Waals surface area contributed by atoms with Gasteiger partial charge in [0.2, 0.25) is 5.91 Å². The molecule has 9 rings (SSSR count). The summed E-state index contributed by atoms with van der Waals surface area (Å²) in [7, 11) is 3.08. The molecule has 6 heterocycles. The summed E-state index contributed by atoms with van der Waals surface area (Å²) in [6, 6.07) is 15.7. The number of benzene rings is 3. The lowest BCUT2D eigenvalue weighted by molar-refractivity contribution is -0.124. The van der Waals surface area contributed by atoms with E-state index in [9.17, 15) is 14.4 Å². The lowest BCUT2D eigenvalue weighted by atomic mass is 10.1. The summed E-state index contributed by atoms with van der Waals surface area (Å²) in [4.78, 5) is 41.0. The van der Waals surface area contributed by atoms with Gasteiger partial charge in [-0.1, -0.05) is 6.07 Å². The van der Waals surface area contributed by atoms with Crippen LogP contribution in [0, 0.1) is 0 Å². The Balaban J connectivity index is 1.26. The van der Waals surface area contributed by atoms with Crippen molar-refractivity contribution in [3.63, 3.8) is 0 Å². The van der Waals surface area contributed by atoms with Gasteiger partial charge in [0.1, 0.15) is 23.4 Å². The van der Waals surface area contributed by atoms with Gasteiger partial charge in [0.25, 0.3) is 11.8 Å². The minimum atomic E-state index is -0.546. The lowest BCUT2D eigenvalue weighted by Crippen LogP contribution is -2.46. The summed E-state index contributed by atoms with van der Waals surface area (Å²) < 4.78 is 28.9. The predicted molar refractivity (Wildman–Crippen MR) is 160 cm³/mol. The number of rotatable bonds is 3. The maximum Gasteiger partial charge on any atom is 0.258 e. The minimum absolute atomic E-state index is 0.104. The van der Waals surface area contributed by atoms with E-state index in [1.165, 1.54) is 7.11 Å². The fourth-order valence-corrected chi connectivity index (χ4v) is 5.74. The van der Waals surface area contributed by atoms with Crippen LogP contribution in [0.15, 0.2) is 54.6 Å². The highest BCUT2D eigenvalue weighted by Gasteiger charge is 2.38. The molecule has 1 fully saturated rings. The van der Waals surface area contributed by atoms with Gasteiger partial charge in [0.15, 0.2) is 18.1 Å². The van der Waals surface area contributed by atoms with Gasteiger partial charge < -0.3 is 39.2 Å². The monoisotopic (exact) mass is 601 g/mol. The van der Waals surface area contributed by atoms with E-state index < -0.39 is 12.1 Å². The quantitative estimate of drug-likeness (QED) is 0.470. The number of amides is 3. The lowest BCUT2D eigenvalue weighted by Gasteiger charge is -2.22. The molecule has 0 saturated carbocycles. The van der Waals surface area contributed by atoms with Crippen LogP contribution in [-0.2, 0) is 29.0 Å². The molecule has 0 radical (unpaired) electrons. The smallest absolute Gasteiger partial charge is 0.258 e. The van der Waals surface area contributed by atoms with Gasteiger partial charge in [-0.3, -0.25) is 14.4 Å². The van der Waals surface area contributed by atoms with Gasteiger partial charge in [-0.25, -0.2) is 0 Å². The molecule has 0 unspecified atom stereocenters. The molecule has 6 aliphatic rings. The van der Waals surface area contributed by atoms with E-state index >= 15 is 0 Å². The molecule has 44 heavy (non-hydrogen) atoms. The number of aryl methyl sites for hydroxylation is 1. The summed E-state index contributed by atoms with van der Waals surface area (Å²) in [5, 5.41) is 5.96. The Morgan fingerprint density at radius 2 is 1.68 bits per heavy atom. The Labute approximate surface area is 255 Å². The van der Waals surface area contributed by atoms with Crippen molar-refractivity contribution in [2.24, 2.45) is 0 Å². The molecule has 0 aromatic heterocycles. The van der Waals surface area contributed by atoms with Gasteiger partial charge >= 0.3 is 0 Å². The Kier molecular flexibility index (Phi) is 8.44. The van der Waals surface area contributed by atoms with Crippen LogP contribution in [0.2, 0.25) is 0 Å². The topological polar surface area (TPSA) is 125 Å². The molecule has 6 aliphatic heterocycles. The highest BCUT2D eigenvalue weighted by Crippen LogP contribution is 2.31. The predicted octanol–water partition coefficient (Wildman–Crippen LogP) is 2.67. The Morgan fingerprint density at radius 1 is 0.841 bits per heavy atom. The number of nitrogens with zero attached hydrogens (tertiary/aromatic N) is 1. The zero-order chi connectivity index (χ0) is 30.6. The summed E-state index contributed by atoms with van der Waals surface area (Å²) in [6.07, 6.45) is 1.00. The fourth-order valence-electron chi connectivity index (χ4n) is 5.74. The van der Waals surface area contributed by atoms with E-state index in [0.29, 0.717) is 41.6 Å². The third-order valence-electron chi connectivity index (χ3n) is 8.09. The molecule has 3 aromatic carbocycles. The summed E-state index contributed by atoms with van der Waals surface area (Å²) in [5.41, 5.74) is 3.26.